The lowest BCUT2D eigenvalue weighted by Crippen LogP contribution is -2.10. The first kappa shape index (κ1) is 20.8. The van der Waals surface area contributed by atoms with Gasteiger partial charge in [0.15, 0.2) is 5.78 Å². The van der Waals surface area contributed by atoms with Crippen molar-refractivity contribution in [3.63, 3.8) is 0 Å². The van der Waals surface area contributed by atoms with Crippen molar-refractivity contribution in [2.45, 2.75) is 0 Å². The average molecular weight is 398 g/mol. The minimum atomic E-state index is -0.411. The van der Waals surface area contributed by atoms with E-state index in [-0.39, 0.29) is 19.0 Å². The summed E-state index contributed by atoms with van der Waals surface area (Å²) < 4.78 is 10.7. The van der Waals surface area contributed by atoms with E-state index in [1.807, 2.05) is 72.8 Å². The van der Waals surface area contributed by atoms with Gasteiger partial charge in [0.05, 0.1) is 0 Å². The molecule has 0 heterocycles. The second kappa shape index (κ2) is 11.2. The molecule has 4 heteroatoms. The van der Waals surface area contributed by atoms with E-state index in [1.54, 1.807) is 30.4 Å². The molecule has 0 bridgehead atoms. The number of ether oxygens (including phenoxy) is 2. The van der Waals surface area contributed by atoms with Crippen LogP contribution in [0, 0.1) is 0 Å². The van der Waals surface area contributed by atoms with Crippen molar-refractivity contribution in [1.82, 2.24) is 0 Å². The molecule has 3 aromatic carbocycles. The van der Waals surface area contributed by atoms with Crippen LogP contribution in [0.25, 0.3) is 12.2 Å². The highest BCUT2D eigenvalue weighted by Gasteiger charge is 2.01. The molecule has 0 unspecified atom stereocenters. The summed E-state index contributed by atoms with van der Waals surface area (Å²) >= 11 is 0. The maximum atomic E-state index is 12.1. The van der Waals surface area contributed by atoms with Crippen LogP contribution in [-0.2, 0) is 9.53 Å². The van der Waals surface area contributed by atoms with E-state index in [1.165, 1.54) is 6.08 Å². The molecular formula is C26H22O4. The van der Waals surface area contributed by atoms with Crippen molar-refractivity contribution >= 4 is 23.9 Å². The van der Waals surface area contributed by atoms with E-state index in [2.05, 4.69) is 0 Å². The van der Waals surface area contributed by atoms with Gasteiger partial charge < -0.3 is 9.47 Å². The molecule has 0 N–H and O–H groups in total. The van der Waals surface area contributed by atoms with Crippen molar-refractivity contribution in [3.8, 4) is 5.75 Å². The van der Waals surface area contributed by atoms with Gasteiger partial charge in [-0.1, -0.05) is 78.9 Å². The molecule has 150 valence electrons. The molecule has 3 rings (SSSR count). The third kappa shape index (κ3) is 6.91. The fourth-order valence-electron chi connectivity index (χ4n) is 2.62. The molecular weight excluding hydrogens is 376 g/mol. The molecule has 0 aliphatic heterocycles. The standard InChI is InChI=1S/C26H22O4/c27-25(23-9-5-2-6-10-23)17-13-22-11-15-24(16-12-22)29-19-20-30-26(28)18-14-21-7-3-1-4-8-21/h1-18H,19-20H2/b17-13+,18-14-. The molecule has 0 spiro atoms. The van der Waals surface area contributed by atoms with Crippen LogP contribution in [0.2, 0.25) is 0 Å². The Labute approximate surface area is 176 Å². The van der Waals surface area contributed by atoms with E-state index in [9.17, 15) is 9.59 Å². The lowest BCUT2D eigenvalue weighted by molar-refractivity contribution is -0.138. The van der Waals surface area contributed by atoms with E-state index in [0.29, 0.717) is 11.3 Å². The van der Waals surface area contributed by atoms with Crippen LogP contribution in [0.1, 0.15) is 21.5 Å². The molecule has 0 aromatic heterocycles. The highest BCUT2D eigenvalue weighted by molar-refractivity contribution is 6.06. The van der Waals surface area contributed by atoms with Crippen LogP contribution in [-0.4, -0.2) is 25.0 Å². The van der Waals surface area contributed by atoms with Gasteiger partial charge in [0.25, 0.3) is 0 Å². The van der Waals surface area contributed by atoms with Gasteiger partial charge in [0.1, 0.15) is 19.0 Å². The molecule has 0 amide bonds. The van der Waals surface area contributed by atoms with Gasteiger partial charge in [0, 0.05) is 11.6 Å². The van der Waals surface area contributed by atoms with Crippen LogP contribution in [0.3, 0.4) is 0 Å². The first-order valence-electron chi connectivity index (χ1n) is 9.61. The topological polar surface area (TPSA) is 52.6 Å². The Balaban J connectivity index is 1.39. The number of carbonyl (C=O) groups is 2. The number of hydrogen-bond donors (Lipinski definition) is 0. The summed E-state index contributed by atoms with van der Waals surface area (Å²) in [6, 6.07) is 26.0. The SMILES string of the molecule is O=C(/C=C\c1ccccc1)OCCOc1ccc(/C=C/C(=O)c2ccccc2)cc1. The van der Waals surface area contributed by atoms with Gasteiger partial charge in [-0.05, 0) is 35.4 Å². The quantitative estimate of drug-likeness (QED) is 0.215. The van der Waals surface area contributed by atoms with Gasteiger partial charge in [-0.2, -0.15) is 0 Å². The predicted molar refractivity (Wildman–Crippen MR) is 118 cm³/mol. The van der Waals surface area contributed by atoms with Crippen molar-refractivity contribution in [1.29, 1.82) is 0 Å². The Hall–Kier alpha value is -3.92. The van der Waals surface area contributed by atoms with E-state index in [0.717, 1.165) is 11.1 Å². The van der Waals surface area contributed by atoms with E-state index >= 15 is 0 Å². The van der Waals surface area contributed by atoms with Crippen molar-refractivity contribution < 1.29 is 19.1 Å². The molecule has 3 aromatic rings. The first-order chi connectivity index (χ1) is 14.7. The summed E-state index contributed by atoms with van der Waals surface area (Å²) in [5.74, 6) is 0.211. The van der Waals surface area contributed by atoms with Gasteiger partial charge >= 0.3 is 5.97 Å². The highest BCUT2D eigenvalue weighted by Crippen LogP contribution is 2.14. The zero-order chi connectivity index (χ0) is 21.0. The minimum Gasteiger partial charge on any atom is -0.490 e. The van der Waals surface area contributed by atoms with Gasteiger partial charge in [-0.15, -0.1) is 0 Å². The summed E-state index contributed by atoms with van der Waals surface area (Å²) in [5, 5.41) is 0. The van der Waals surface area contributed by atoms with Crippen molar-refractivity contribution in [2.75, 3.05) is 13.2 Å². The van der Waals surface area contributed by atoms with Crippen LogP contribution >= 0.6 is 0 Å². The molecule has 0 radical (unpaired) electrons. The van der Waals surface area contributed by atoms with E-state index < -0.39 is 5.97 Å². The Morgan fingerprint density at radius 1 is 0.667 bits per heavy atom. The summed E-state index contributed by atoms with van der Waals surface area (Å²) in [6.45, 7) is 0.414. The van der Waals surface area contributed by atoms with Gasteiger partial charge in [0.2, 0.25) is 0 Å². The number of rotatable bonds is 9. The van der Waals surface area contributed by atoms with Crippen molar-refractivity contribution in [2.24, 2.45) is 0 Å². The fourth-order valence-corrected chi connectivity index (χ4v) is 2.62. The zero-order valence-electron chi connectivity index (χ0n) is 16.4. The molecule has 4 nitrogen and oxygen atoms in total. The third-order valence-electron chi connectivity index (χ3n) is 4.17. The van der Waals surface area contributed by atoms with E-state index in [4.69, 9.17) is 9.47 Å². The molecule has 0 aliphatic rings. The Morgan fingerprint density at radius 2 is 1.27 bits per heavy atom. The molecule has 0 saturated heterocycles. The number of carbonyl (C=O) groups excluding carboxylic acids is 2. The third-order valence-corrected chi connectivity index (χ3v) is 4.17. The molecule has 0 saturated carbocycles. The minimum absolute atomic E-state index is 0.0425. The molecule has 30 heavy (non-hydrogen) atoms. The molecule has 0 aliphatic carbocycles. The molecule has 0 atom stereocenters. The normalized spacial score (nSPS) is 10.9. The van der Waals surface area contributed by atoms with Gasteiger partial charge in [-0.25, -0.2) is 4.79 Å². The van der Waals surface area contributed by atoms with Crippen LogP contribution in [0.5, 0.6) is 5.75 Å². The monoisotopic (exact) mass is 398 g/mol. The largest absolute Gasteiger partial charge is 0.490 e. The maximum Gasteiger partial charge on any atom is 0.330 e. The number of allylic oxidation sites excluding steroid dienone is 1. The lowest BCUT2D eigenvalue weighted by atomic mass is 10.1. The van der Waals surface area contributed by atoms with Crippen LogP contribution < -0.4 is 4.74 Å². The number of hydrogen-bond acceptors (Lipinski definition) is 4. The summed E-state index contributed by atoms with van der Waals surface area (Å²) in [7, 11) is 0. The summed E-state index contributed by atoms with van der Waals surface area (Å²) in [5.41, 5.74) is 2.48. The molecule has 0 fully saturated rings. The van der Waals surface area contributed by atoms with Crippen LogP contribution in [0.15, 0.2) is 97.1 Å². The number of benzene rings is 3. The zero-order valence-corrected chi connectivity index (χ0v) is 16.4. The van der Waals surface area contributed by atoms with Crippen LogP contribution in [0.4, 0.5) is 0 Å². The highest BCUT2D eigenvalue weighted by atomic mass is 16.6. The average Bonchev–Trinajstić information content (AvgIpc) is 2.81. The number of ketones is 1. The lowest BCUT2D eigenvalue weighted by Gasteiger charge is -2.06. The Morgan fingerprint density at radius 3 is 1.97 bits per heavy atom. The summed E-state index contributed by atoms with van der Waals surface area (Å²) in [4.78, 5) is 23.8. The predicted octanol–water partition coefficient (Wildman–Crippen LogP) is 5.22. The number of esters is 1. The van der Waals surface area contributed by atoms with Crippen molar-refractivity contribution in [3.05, 3.63) is 114 Å². The summed E-state index contributed by atoms with van der Waals surface area (Å²) in [6.07, 6.45) is 6.42. The van der Waals surface area contributed by atoms with Gasteiger partial charge in [-0.3, -0.25) is 4.79 Å². The smallest absolute Gasteiger partial charge is 0.330 e. The Kier molecular flexibility index (Phi) is 7.75. The second-order valence-corrected chi connectivity index (χ2v) is 6.39. The Bertz CT molecular complexity index is 1000. The first-order valence-corrected chi connectivity index (χ1v) is 9.61. The fraction of sp³-hybridized carbons (Fsp3) is 0.0769. The second-order valence-electron chi connectivity index (χ2n) is 6.39. The maximum absolute atomic E-state index is 12.1.